The number of aliphatic hydroxyl groups excluding tert-OH is 1. The van der Waals surface area contributed by atoms with Crippen molar-refractivity contribution in [2.24, 2.45) is 5.92 Å². The van der Waals surface area contributed by atoms with Crippen molar-refractivity contribution in [3.63, 3.8) is 0 Å². The SMILES string of the molecule is CCc1cccc(NC(=O)N2CCCC(CO)C2)c1. The number of likely N-dealkylation sites (tertiary alicyclic amines) is 1. The summed E-state index contributed by atoms with van der Waals surface area (Å²) in [6.45, 7) is 3.68. The Morgan fingerprint density at radius 1 is 1.53 bits per heavy atom. The number of carbonyl (C=O) groups excluding carboxylic acids is 1. The lowest BCUT2D eigenvalue weighted by molar-refractivity contribution is 0.136. The highest BCUT2D eigenvalue weighted by Crippen LogP contribution is 2.18. The zero-order valence-electron chi connectivity index (χ0n) is 11.4. The molecule has 4 nitrogen and oxygen atoms in total. The van der Waals surface area contributed by atoms with E-state index in [2.05, 4.69) is 18.3 Å². The van der Waals surface area contributed by atoms with Gasteiger partial charge in [0.1, 0.15) is 0 Å². The fourth-order valence-corrected chi connectivity index (χ4v) is 2.47. The van der Waals surface area contributed by atoms with Gasteiger partial charge in [0, 0.05) is 25.4 Å². The monoisotopic (exact) mass is 262 g/mol. The molecule has 0 spiro atoms. The van der Waals surface area contributed by atoms with Gasteiger partial charge in [-0.2, -0.15) is 0 Å². The minimum absolute atomic E-state index is 0.0635. The summed E-state index contributed by atoms with van der Waals surface area (Å²) < 4.78 is 0. The second-order valence-corrected chi connectivity index (χ2v) is 5.12. The molecule has 1 atom stereocenters. The minimum Gasteiger partial charge on any atom is -0.396 e. The molecule has 1 aliphatic heterocycles. The second kappa shape index (κ2) is 6.57. The quantitative estimate of drug-likeness (QED) is 0.879. The maximum atomic E-state index is 12.2. The Labute approximate surface area is 114 Å². The summed E-state index contributed by atoms with van der Waals surface area (Å²) in [7, 11) is 0. The van der Waals surface area contributed by atoms with E-state index < -0.39 is 0 Å². The van der Waals surface area contributed by atoms with E-state index in [1.54, 1.807) is 4.90 Å². The molecule has 1 heterocycles. The lowest BCUT2D eigenvalue weighted by Crippen LogP contribution is -2.43. The Morgan fingerprint density at radius 3 is 3.11 bits per heavy atom. The number of aryl methyl sites for hydroxylation is 1. The number of nitrogens with zero attached hydrogens (tertiary/aromatic N) is 1. The summed E-state index contributed by atoms with van der Waals surface area (Å²) in [6, 6.07) is 7.86. The standard InChI is InChI=1S/C15H22N2O2/c1-2-12-5-3-7-14(9-12)16-15(19)17-8-4-6-13(10-17)11-18/h3,5,7,9,13,18H,2,4,6,8,10-11H2,1H3,(H,16,19). The Hall–Kier alpha value is -1.55. The molecular weight excluding hydrogens is 240 g/mol. The molecule has 2 N–H and O–H groups in total. The van der Waals surface area contributed by atoms with Crippen LogP contribution in [0.15, 0.2) is 24.3 Å². The van der Waals surface area contributed by atoms with Crippen molar-refractivity contribution in [3.8, 4) is 0 Å². The first kappa shape index (κ1) is 13.9. The van der Waals surface area contributed by atoms with Crippen LogP contribution in [0.5, 0.6) is 0 Å². The molecule has 1 aromatic rings. The van der Waals surface area contributed by atoms with Crippen LogP contribution in [0.4, 0.5) is 10.5 Å². The molecule has 1 saturated heterocycles. The van der Waals surface area contributed by atoms with Crippen molar-refractivity contribution < 1.29 is 9.90 Å². The topological polar surface area (TPSA) is 52.6 Å². The summed E-state index contributed by atoms with van der Waals surface area (Å²) >= 11 is 0. The Morgan fingerprint density at radius 2 is 2.37 bits per heavy atom. The predicted octanol–water partition coefficient (Wildman–Crippen LogP) is 2.49. The lowest BCUT2D eigenvalue weighted by atomic mass is 9.99. The molecule has 2 amide bonds. The Bertz CT molecular complexity index is 434. The molecule has 0 radical (unpaired) electrons. The molecule has 2 rings (SSSR count). The Kier molecular flexibility index (Phi) is 4.80. The van der Waals surface area contributed by atoms with Gasteiger partial charge in [-0.3, -0.25) is 0 Å². The van der Waals surface area contributed by atoms with Gasteiger partial charge in [-0.05, 0) is 42.9 Å². The average Bonchev–Trinajstić information content (AvgIpc) is 2.47. The number of anilines is 1. The number of hydrogen-bond acceptors (Lipinski definition) is 2. The predicted molar refractivity (Wildman–Crippen MR) is 76.2 cm³/mol. The molecule has 19 heavy (non-hydrogen) atoms. The molecule has 0 aromatic heterocycles. The molecule has 1 fully saturated rings. The highest BCUT2D eigenvalue weighted by Gasteiger charge is 2.23. The normalized spacial score (nSPS) is 19.3. The number of piperidine rings is 1. The molecule has 0 saturated carbocycles. The van der Waals surface area contributed by atoms with Gasteiger partial charge in [-0.1, -0.05) is 19.1 Å². The molecule has 1 aliphatic rings. The zero-order valence-corrected chi connectivity index (χ0v) is 11.4. The van der Waals surface area contributed by atoms with Gasteiger partial charge >= 0.3 is 6.03 Å². The maximum Gasteiger partial charge on any atom is 0.321 e. The fourth-order valence-electron chi connectivity index (χ4n) is 2.47. The highest BCUT2D eigenvalue weighted by molar-refractivity contribution is 5.89. The summed E-state index contributed by atoms with van der Waals surface area (Å²) in [6.07, 6.45) is 2.93. The number of urea groups is 1. The summed E-state index contributed by atoms with van der Waals surface area (Å²) in [4.78, 5) is 14.0. The number of carbonyl (C=O) groups is 1. The summed E-state index contributed by atoms with van der Waals surface area (Å²) in [5.74, 6) is 0.224. The average molecular weight is 262 g/mol. The number of nitrogens with one attached hydrogen (secondary N) is 1. The maximum absolute atomic E-state index is 12.2. The van der Waals surface area contributed by atoms with Crippen LogP contribution in [0.3, 0.4) is 0 Å². The van der Waals surface area contributed by atoms with Gasteiger partial charge in [-0.25, -0.2) is 4.79 Å². The van der Waals surface area contributed by atoms with Crippen LogP contribution < -0.4 is 5.32 Å². The number of rotatable bonds is 3. The lowest BCUT2D eigenvalue weighted by Gasteiger charge is -2.31. The third-order valence-corrected chi connectivity index (χ3v) is 3.65. The van der Waals surface area contributed by atoms with Crippen LogP contribution in [0.1, 0.15) is 25.3 Å². The first-order valence-electron chi connectivity index (χ1n) is 6.98. The van der Waals surface area contributed by atoms with Gasteiger partial charge in [-0.15, -0.1) is 0 Å². The van der Waals surface area contributed by atoms with Crippen LogP contribution in [-0.2, 0) is 6.42 Å². The number of benzene rings is 1. The first-order chi connectivity index (χ1) is 9.22. The van der Waals surface area contributed by atoms with Crippen molar-refractivity contribution in [2.45, 2.75) is 26.2 Å². The molecule has 0 bridgehead atoms. The van der Waals surface area contributed by atoms with Crippen molar-refractivity contribution in [3.05, 3.63) is 29.8 Å². The number of amides is 2. The third-order valence-electron chi connectivity index (χ3n) is 3.65. The van der Waals surface area contributed by atoms with Crippen molar-refractivity contribution in [2.75, 3.05) is 25.0 Å². The van der Waals surface area contributed by atoms with Crippen LogP contribution in [0, 0.1) is 5.92 Å². The van der Waals surface area contributed by atoms with E-state index in [0.29, 0.717) is 6.54 Å². The van der Waals surface area contributed by atoms with E-state index in [1.807, 2.05) is 18.2 Å². The highest BCUT2D eigenvalue weighted by atomic mass is 16.3. The molecular formula is C15H22N2O2. The zero-order chi connectivity index (χ0) is 13.7. The molecule has 1 unspecified atom stereocenters. The summed E-state index contributed by atoms with van der Waals surface area (Å²) in [5, 5.41) is 12.1. The number of hydrogen-bond donors (Lipinski definition) is 2. The van der Waals surface area contributed by atoms with E-state index in [0.717, 1.165) is 31.5 Å². The van der Waals surface area contributed by atoms with Gasteiger partial charge in [0.2, 0.25) is 0 Å². The fraction of sp³-hybridized carbons (Fsp3) is 0.533. The third kappa shape index (κ3) is 3.70. The number of aliphatic hydroxyl groups is 1. The van der Waals surface area contributed by atoms with Gasteiger partial charge in [0.25, 0.3) is 0 Å². The molecule has 104 valence electrons. The van der Waals surface area contributed by atoms with Crippen LogP contribution >= 0.6 is 0 Å². The van der Waals surface area contributed by atoms with E-state index in [4.69, 9.17) is 0 Å². The second-order valence-electron chi connectivity index (χ2n) is 5.12. The molecule has 0 aliphatic carbocycles. The molecule has 1 aromatic carbocycles. The van der Waals surface area contributed by atoms with E-state index in [9.17, 15) is 9.90 Å². The van der Waals surface area contributed by atoms with Crippen LogP contribution in [0.2, 0.25) is 0 Å². The first-order valence-corrected chi connectivity index (χ1v) is 6.98. The summed E-state index contributed by atoms with van der Waals surface area (Å²) in [5.41, 5.74) is 2.06. The Balaban J connectivity index is 1.96. The van der Waals surface area contributed by atoms with E-state index in [1.165, 1.54) is 5.56 Å². The van der Waals surface area contributed by atoms with Gasteiger partial charge < -0.3 is 15.3 Å². The molecule has 4 heteroatoms. The van der Waals surface area contributed by atoms with Crippen molar-refractivity contribution >= 4 is 11.7 Å². The van der Waals surface area contributed by atoms with E-state index >= 15 is 0 Å². The van der Waals surface area contributed by atoms with Crippen LogP contribution in [0.25, 0.3) is 0 Å². The van der Waals surface area contributed by atoms with Crippen LogP contribution in [-0.4, -0.2) is 35.7 Å². The smallest absolute Gasteiger partial charge is 0.321 e. The van der Waals surface area contributed by atoms with Crippen molar-refractivity contribution in [1.82, 2.24) is 4.90 Å². The minimum atomic E-state index is -0.0635. The van der Waals surface area contributed by atoms with Gasteiger partial charge in [0.05, 0.1) is 0 Å². The largest absolute Gasteiger partial charge is 0.396 e. The van der Waals surface area contributed by atoms with Crippen molar-refractivity contribution in [1.29, 1.82) is 0 Å². The van der Waals surface area contributed by atoms with E-state index in [-0.39, 0.29) is 18.6 Å². The van der Waals surface area contributed by atoms with Gasteiger partial charge in [0.15, 0.2) is 0 Å².